The van der Waals surface area contributed by atoms with Crippen LogP contribution in [0.4, 0.5) is 0 Å². The van der Waals surface area contributed by atoms with Crippen molar-refractivity contribution in [2.45, 2.75) is 104 Å². The van der Waals surface area contributed by atoms with Crippen molar-refractivity contribution >= 4 is 11.9 Å². The van der Waals surface area contributed by atoms with Gasteiger partial charge in [-0.1, -0.05) is 95.0 Å². The van der Waals surface area contributed by atoms with Crippen LogP contribution in [-0.4, -0.2) is 17.5 Å². The van der Waals surface area contributed by atoms with Gasteiger partial charge in [0.2, 0.25) is 0 Å². The van der Waals surface area contributed by atoms with Crippen molar-refractivity contribution in [1.29, 1.82) is 0 Å². The molecular formula is C25H40O4. The molecule has 4 heteroatoms. The highest BCUT2D eigenvalue weighted by atomic mass is 16.6. The molecule has 1 atom stereocenters. The first-order chi connectivity index (χ1) is 13.8. The van der Waals surface area contributed by atoms with E-state index in [1.54, 1.807) is 0 Å². The molecule has 1 aromatic carbocycles. The maximum atomic E-state index is 12.6. The van der Waals surface area contributed by atoms with Crippen LogP contribution in [0, 0.1) is 5.92 Å². The quantitative estimate of drug-likeness (QED) is 0.199. The molecule has 0 saturated carbocycles. The molecule has 1 aromatic rings. The highest BCUT2D eigenvalue weighted by Crippen LogP contribution is 2.20. The second-order valence-corrected chi connectivity index (χ2v) is 8.80. The Kier molecular flexibility index (Phi) is 12.3. The zero-order chi connectivity index (χ0) is 21.5. The number of carbonyl (C=O) groups excluding carboxylic acids is 2. The van der Waals surface area contributed by atoms with Crippen molar-refractivity contribution in [3.63, 3.8) is 0 Å². The van der Waals surface area contributed by atoms with E-state index in [4.69, 9.17) is 9.47 Å². The summed E-state index contributed by atoms with van der Waals surface area (Å²) >= 11 is 0. The van der Waals surface area contributed by atoms with Crippen LogP contribution in [0.2, 0.25) is 0 Å². The van der Waals surface area contributed by atoms with E-state index in [1.165, 1.54) is 38.5 Å². The number of ether oxygens (including phenoxy) is 2. The molecule has 0 aromatic heterocycles. The van der Waals surface area contributed by atoms with E-state index in [2.05, 4.69) is 6.92 Å². The summed E-state index contributed by atoms with van der Waals surface area (Å²) in [6, 6.07) is 9.51. The van der Waals surface area contributed by atoms with Gasteiger partial charge in [-0.15, -0.1) is 0 Å². The minimum Gasteiger partial charge on any atom is -0.460 e. The third-order valence-electron chi connectivity index (χ3n) is 4.80. The Labute approximate surface area is 177 Å². The zero-order valence-corrected chi connectivity index (χ0v) is 18.9. The van der Waals surface area contributed by atoms with Gasteiger partial charge in [-0.3, -0.25) is 9.59 Å². The molecular weight excluding hydrogens is 364 g/mol. The van der Waals surface area contributed by atoms with Gasteiger partial charge in [0.15, 0.2) is 5.92 Å². The van der Waals surface area contributed by atoms with Crippen LogP contribution in [0.5, 0.6) is 0 Å². The summed E-state index contributed by atoms with van der Waals surface area (Å²) in [6.45, 7) is 7.85. The van der Waals surface area contributed by atoms with Crippen LogP contribution in [0.1, 0.15) is 97.5 Å². The molecule has 1 rings (SSSR count). The van der Waals surface area contributed by atoms with E-state index in [1.807, 2.05) is 51.1 Å². The molecule has 29 heavy (non-hydrogen) atoms. The molecule has 0 amide bonds. The molecule has 0 bridgehead atoms. The molecule has 0 spiro atoms. The average molecular weight is 405 g/mol. The first kappa shape index (κ1) is 25.2. The van der Waals surface area contributed by atoms with E-state index in [-0.39, 0.29) is 6.61 Å². The molecule has 0 radical (unpaired) electrons. The summed E-state index contributed by atoms with van der Waals surface area (Å²) in [5.74, 6) is -1.81. The number of unbranched alkanes of at least 4 members (excludes halogenated alkanes) is 8. The SMILES string of the molecule is CCCCCCCCCCC[C@@H](C(=O)OCc1ccccc1)C(=O)OC(C)(C)C. The van der Waals surface area contributed by atoms with E-state index >= 15 is 0 Å². The number of carbonyl (C=O) groups is 2. The third-order valence-corrected chi connectivity index (χ3v) is 4.80. The summed E-state index contributed by atoms with van der Waals surface area (Å²) in [5.41, 5.74) is 0.292. The first-order valence-electron chi connectivity index (χ1n) is 11.3. The van der Waals surface area contributed by atoms with Crippen molar-refractivity contribution < 1.29 is 19.1 Å². The smallest absolute Gasteiger partial charge is 0.320 e. The fourth-order valence-corrected chi connectivity index (χ4v) is 3.19. The minimum absolute atomic E-state index is 0.177. The van der Waals surface area contributed by atoms with Gasteiger partial charge in [0.05, 0.1) is 0 Å². The highest BCUT2D eigenvalue weighted by molar-refractivity contribution is 5.95. The van der Waals surface area contributed by atoms with Crippen LogP contribution >= 0.6 is 0 Å². The summed E-state index contributed by atoms with van der Waals surface area (Å²) in [4.78, 5) is 25.1. The van der Waals surface area contributed by atoms with E-state index < -0.39 is 23.5 Å². The molecule has 164 valence electrons. The first-order valence-corrected chi connectivity index (χ1v) is 11.3. The maximum absolute atomic E-state index is 12.6. The second kappa shape index (κ2) is 14.2. The molecule has 0 aliphatic heterocycles. The van der Waals surface area contributed by atoms with Crippen molar-refractivity contribution in [3.8, 4) is 0 Å². The predicted molar refractivity (Wildman–Crippen MR) is 117 cm³/mol. The lowest BCUT2D eigenvalue weighted by Gasteiger charge is -2.23. The monoisotopic (exact) mass is 404 g/mol. The predicted octanol–water partition coefficient (Wildman–Crippen LogP) is 6.61. The minimum atomic E-state index is -0.845. The van der Waals surface area contributed by atoms with Gasteiger partial charge in [-0.25, -0.2) is 0 Å². The lowest BCUT2D eigenvalue weighted by atomic mass is 9.99. The van der Waals surface area contributed by atoms with Gasteiger partial charge in [0, 0.05) is 0 Å². The molecule has 0 N–H and O–H groups in total. The number of rotatable bonds is 14. The highest BCUT2D eigenvalue weighted by Gasteiger charge is 2.32. The maximum Gasteiger partial charge on any atom is 0.320 e. The van der Waals surface area contributed by atoms with Crippen molar-refractivity contribution in [3.05, 3.63) is 35.9 Å². The Morgan fingerprint density at radius 3 is 1.93 bits per heavy atom. The van der Waals surface area contributed by atoms with Gasteiger partial charge in [-0.05, 0) is 32.8 Å². The Morgan fingerprint density at radius 2 is 1.38 bits per heavy atom. The van der Waals surface area contributed by atoms with Crippen molar-refractivity contribution in [2.75, 3.05) is 0 Å². The van der Waals surface area contributed by atoms with E-state index in [0.29, 0.717) is 6.42 Å². The fraction of sp³-hybridized carbons (Fsp3) is 0.680. The van der Waals surface area contributed by atoms with Crippen LogP contribution < -0.4 is 0 Å². The van der Waals surface area contributed by atoms with Crippen molar-refractivity contribution in [2.24, 2.45) is 5.92 Å². The molecule has 0 unspecified atom stereocenters. The summed E-state index contributed by atoms with van der Waals surface area (Å²) in [6.07, 6.45) is 11.2. The van der Waals surface area contributed by atoms with Crippen LogP contribution in [0.3, 0.4) is 0 Å². The number of hydrogen-bond donors (Lipinski definition) is 0. The number of esters is 2. The normalized spacial score (nSPS) is 12.4. The lowest BCUT2D eigenvalue weighted by Crippen LogP contribution is -2.33. The van der Waals surface area contributed by atoms with E-state index in [9.17, 15) is 9.59 Å². The Bertz CT molecular complexity index is 574. The third kappa shape index (κ3) is 12.4. The molecule has 0 aliphatic rings. The van der Waals surface area contributed by atoms with Gasteiger partial charge in [0.25, 0.3) is 0 Å². The molecule has 0 saturated heterocycles. The molecule has 0 heterocycles. The van der Waals surface area contributed by atoms with Gasteiger partial charge in [-0.2, -0.15) is 0 Å². The van der Waals surface area contributed by atoms with Crippen LogP contribution in [-0.2, 0) is 25.7 Å². The largest absolute Gasteiger partial charge is 0.460 e. The van der Waals surface area contributed by atoms with Crippen LogP contribution in [0.15, 0.2) is 30.3 Å². The zero-order valence-electron chi connectivity index (χ0n) is 18.9. The fourth-order valence-electron chi connectivity index (χ4n) is 3.19. The van der Waals surface area contributed by atoms with E-state index in [0.717, 1.165) is 24.8 Å². The van der Waals surface area contributed by atoms with Crippen molar-refractivity contribution in [1.82, 2.24) is 0 Å². The number of hydrogen-bond acceptors (Lipinski definition) is 4. The molecule has 0 aliphatic carbocycles. The second-order valence-electron chi connectivity index (χ2n) is 8.80. The summed E-state index contributed by atoms with van der Waals surface area (Å²) < 4.78 is 10.9. The standard InChI is InChI=1S/C25H40O4/c1-5-6-7-8-9-10-11-12-16-19-22(24(27)29-25(2,3)4)23(26)28-20-21-17-14-13-15-18-21/h13-15,17-18,22H,5-12,16,19-20H2,1-4H3/t22-/m0/s1. The molecule has 4 nitrogen and oxygen atoms in total. The van der Waals surface area contributed by atoms with Gasteiger partial charge in [0.1, 0.15) is 12.2 Å². The Balaban J connectivity index is 2.44. The lowest BCUT2D eigenvalue weighted by molar-refractivity contribution is -0.170. The summed E-state index contributed by atoms with van der Waals surface area (Å²) in [5, 5.41) is 0. The average Bonchev–Trinajstić information content (AvgIpc) is 2.67. The Hall–Kier alpha value is -1.84. The Morgan fingerprint density at radius 1 is 0.828 bits per heavy atom. The van der Waals surface area contributed by atoms with Gasteiger partial charge >= 0.3 is 11.9 Å². The number of benzene rings is 1. The van der Waals surface area contributed by atoms with Crippen LogP contribution in [0.25, 0.3) is 0 Å². The summed E-state index contributed by atoms with van der Waals surface area (Å²) in [7, 11) is 0. The van der Waals surface area contributed by atoms with Gasteiger partial charge < -0.3 is 9.47 Å². The molecule has 0 fully saturated rings. The topological polar surface area (TPSA) is 52.6 Å².